The Hall–Kier alpha value is -3.84. The first-order chi connectivity index (χ1) is 14.2. The van der Waals surface area contributed by atoms with Crippen LogP contribution in [0.15, 0.2) is 71.9 Å². The molecule has 29 heavy (non-hydrogen) atoms. The molecule has 0 saturated carbocycles. The van der Waals surface area contributed by atoms with E-state index in [0.29, 0.717) is 17.1 Å². The van der Waals surface area contributed by atoms with Crippen LogP contribution < -0.4 is 5.73 Å². The lowest BCUT2D eigenvalue weighted by atomic mass is 10.0. The molecule has 5 aromatic heterocycles. The maximum absolute atomic E-state index is 8.76. The summed E-state index contributed by atoms with van der Waals surface area (Å²) in [6.45, 7) is 0. The molecule has 5 heterocycles. The van der Waals surface area contributed by atoms with Crippen LogP contribution in [-0.4, -0.2) is 25.6 Å². The first-order valence-corrected chi connectivity index (χ1v) is 9.90. The van der Waals surface area contributed by atoms with Gasteiger partial charge in [-0.1, -0.05) is 6.07 Å². The van der Waals surface area contributed by atoms with Gasteiger partial charge in [-0.15, -0.1) is 0 Å². The molecule has 6 nitrogen and oxygen atoms in total. The quantitative estimate of drug-likeness (QED) is 0.381. The number of anilines is 1. The zero-order valence-electron chi connectivity index (χ0n) is 15.3. The first kappa shape index (κ1) is 17.3. The Morgan fingerprint density at radius 1 is 1.03 bits per heavy atom. The SMILES string of the molecule is N=C(c1cc2c(-c3ccsc3)cncc2[nH]1)c1cc(-c2ccccn2)cnc1N. The Labute approximate surface area is 170 Å². The van der Waals surface area contributed by atoms with E-state index in [0.717, 1.165) is 33.3 Å². The molecule has 0 aromatic carbocycles. The zero-order chi connectivity index (χ0) is 19.8. The number of nitrogen functional groups attached to an aromatic ring is 1. The van der Waals surface area contributed by atoms with Gasteiger partial charge in [0.05, 0.1) is 28.8 Å². The third-order valence-corrected chi connectivity index (χ3v) is 5.48. The second-order valence-corrected chi connectivity index (χ2v) is 7.37. The third kappa shape index (κ3) is 3.07. The number of hydrogen-bond acceptors (Lipinski definition) is 6. The van der Waals surface area contributed by atoms with Crippen LogP contribution in [0.5, 0.6) is 0 Å². The highest BCUT2D eigenvalue weighted by molar-refractivity contribution is 7.08. The van der Waals surface area contributed by atoms with Crippen LogP contribution in [-0.2, 0) is 0 Å². The average molecular weight is 396 g/mol. The lowest BCUT2D eigenvalue weighted by Crippen LogP contribution is -2.08. The smallest absolute Gasteiger partial charge is 0.132 e. The van der Waals surface area contributed by atoms with Crippen LogP contribution >= 0.6 is 11.3 Å². The van der Waals surface area contributed by atoms with Gasteiger partial charge in [0, 0.05) is 40.7 Å². The standard InChI is InChI=1S/C22H16N6S/c23-21(16-7-14(9-27-22(16)24)18-3-1-2-5-26-18)19-8-15-17(13-4-6-29-12-13)10-25-11-20(15)28-19/h1-12,23,28H,(H2,24,27). The van der Waals surface area contributed by atoms with Gasteiger partial charge >= 0.3 is 0 Å². The molecule has 5 aromatic rings. The van der Waals surface area contributed by atoms with Gasteiger partial charge in [0.2, 0.25) is 0 Å². The summed E-state index contributed by atoms with van der Waals surface area (Å²) in [4.78, 5) is 16.3. The predicted molar refractivity (Wildman–Crippen MR) is 117 cm³/mol. The summed E-state index contributed by atoms with van der Waals surface area (Å²) in [5.74, 6) is 0.310. The molecular formula is C22H16N6S. The summed E-state index contributed by atoms with van der Waals surface area (Å²) in [7, 11) is 0. The molecule has 140 valence electrons. The Morgan fingerprint density at radius 2 is 1.97 bits per heavy atom. The van der Waals surface area contributed by atoms with E-state index in [-0.39, 0.29) is 5.71 Å². The van der Waals surface area contributed by atoms with Crippen molar-refractivity contribution in [2.45, 2.75) is 0 Å². The van der Waals surface area contributed by atoms with E-state index in [1.54, 1.807) is 29.9 Å². The normalized spacial score (nSPS) is 11.0. The number of aromatic nitrogens is 4. The minimum absolute atomic E-state index is 0.278. The predicted octanol–water partition coefficient (Wildman–Crippen LogP) is 4.75. The molecule has 0 amide bonds. The van der Waals surface area contributed by atoms with E-state index in [9.17, 15) is 0 Å². The minimum Gasteiger partial charge on any atom is -0.383 e. The number of fused-ring (bicyclic) bond motifs is 1. The molecule has 0 aliphatic rings. The second-order valence-electron chi connectivity index (χ2n) is 6.59. The fraction of sp³-hybridized carbons (Fsp3) is 0. The van der Waals surface area contributed by atoms with Crippen LogP contribution in [0.25, 0.3) is 33.3 Å². The number of aromatic amines is 1. The van der Waals surface area contributed by atoms with Crippen LogP contribution in [0.2, 0.25) is 0 Å². The van der Waals surface area contributed by atoms with Crippen LogP contribution in [0.1, 0.15) is 11.3 Å². The lowest BCUT2D eigenvalue weighted by Gasteiger charge is -2.08. The Kier molecular flexibility index (Phi) is 4.14. The van der Waals surface area contributed by atoms with Gasteiger partial charge in [0.1, 0.15) is 5.82 Å². The molecule has 0 saturated heterocycles. The van der Waals surface area contributed by atoms with Gasteiger partial charge in [0.15, 0.2) is 0 Å². The number of rotatable bonds is 4. The van der Waals surface area contributed by atoms with Gasteiger partial charge in [0.25, 0.3) is 0 Å². The van der Waals surface area contributed by atoms with Gasteiger partial charge in [-0.25, -0.2) is 4.98 Å². The van der Waals surface area contributed by atoms with Crippen LogP contribution in [0.4, 0.5) is 5.82 Å². The molecule has 0 bridgehead atoms. The molecule has 0 radical (unpaired) electrons. The highest BCUT2D eigenvalue weighted by atomic mass is 32.1. The van der Waals surface area contributed by atoms with Crippen molar-refractivity contribution in [3.8, 4) is 22.4 Å². The number of H-pyrrole nitrogens is 1. The van der Waals surface area contributed by atoms with Gasteiger partial charge < -0.3 is 10.7 Å². The second kappa shape index (κ2) is 6.96. The highest BCUT2D eigenvalue weighted by Gasteiger charge is 2.16. The molecule has 7 heteroatoms. The van der Waals surface area contributed by atoms with E-state index in [1.165, 1.54) is 0 Å². The summed E-state index contributed by atoms with van der Waals surface area (Å²) >= 11 is 1.64. The molecular weight excluding hydrogens is 380 g/mol. The molecule has 0 unspecified atom stereocenters. The topological polar surface area (TPSA) is 104 Å². The van der Waals surface area contributed by atoms with E-state index in [4.69, 9.17) is 11.1 Å². The maximum atomic E-state index is 8.76. The number of hydrogen-bond donors (Lipinski definition) is 3. The van der Waals surface area contributed by atoms with Gasteiger partial charge in [-0.05, 0) is 46.7 Å². The number of nitrogens with two attached hydrogens (primary N) is 1. The minimum atomic E-state index is 0.278. The molecule has 0 atom stereocenters. The van der Waals surface area contributed by atoms with Crippen molar-refractivity contribution in [3.05, 3.63) is 83.2 Å². The Balaban J connectivity index is 1.59. The van der Waals surface area contributed by atoms with Crippen molar-refractivity contribution in [3.63, 3.8) is 0 Å². The van der Waals surface area contributed by atoms with Crippen molar-refractivity contribution in [2.24, 2.45) is 0 Å². The largest absolute Gasteiger partial charge is 0.383 e. The number of thiophene rings is 1. The molecule has 0 aliphatic carbocycles. The molecule has 4 N–H and O–H groups in total. The molecule has 0 fully saturated rings. The molecule has 5 rings (SSSR count). The van der Waals surface area contributed by atoms with Crippen LogP contribution in [0, 0.1) is 5.41 Å². The summed E-state index contributed by atoms with van der Waals surface area (Å²) < 4.78 is 0. The molecule has 0 aliphatic heterocycles. The van der Waals surface area contributed by atoms with E-state index >= 15 is 0 Å². The average Bonchev–Trinajstić information content (AvgIpc) is 3.44. The Morgan fingerprint density at radius 3 is 2.76 bits per heavy atom. The van der Waals surface area contributed by atoms with E-state index in [2.05, 4.69) is 31.4 Å². The zero-order valence-corrected chi connectivity index (χ0v) is 16.1. The summed E-state index contributed by atoms with van der Waals surface area (Å²) in [6, 6.07) is 11.6. The maximum Gasteiger partial charge on any atom is 0.132 e. The molecule has 0 spiro atoms. The van der Waals surface area contributed by atoms with Crippen molar-refractivity contribution in [2.75, 3.05) is 5.73 Å². The number of nitrogens with zero attached hydrogens (tertiary/aromatic N) is 3. The number of pyridine rings is 3. The number of nitrogens with one attached hydrogen (secondary N) is 2. The third-order valence-electron chi connectivity index (χ3n) is 4.80. The van der Waals surface area contributed by atoms with Gasteiger partial charge in [-0.3, -0.25) is 15.4 Å². The van der Waals surface area contributed by atoms with E-state index in [1.807, 2.05) is 41.9 Å². The van der Waals surface area contributed by atoms with Crippen molar-refractivity contribution >= 4 is 33.8 Å². The summed E-state index contributed by atoms with van der Waals surface area (Å²) in [5.41, 5.74) is 12.2. The van der Waals surface area contributed by atoms with Crippen molar-refractivity contribution < 1.29 is 0 Å². The summed E-state index contributed by atoms with van der Waals surface area (Å²) in [6.07, 6.45) is 7.03. The Bertz CT molecular complexity index is 1320. The first-order valence-electron chi connectivity index (χ1n) is 8.96. The van der Waals surface area contributed by atoms with Crippen LogP contribution in [0.3, 0.4) is 0 Å². The monoisotopic (exact) mass is 396 g/mol. The van der Waals surface area contributed by atoms with E-state index < -0.39 is 0 Å². The highest BCUT2D eigenvalue weighted by Crippen LogP contribution is 2.31. The fourth-order valence-electron chi connectivity index (χ4n) is 3.33. The lowest BCUT2D eigenvalue weighted by molar-refractivity contribution is 1.27. The van der Waals surface area contributed by atoms with Gasteiger partial charge in [-0.2, -0.15) is 11.3 Å². The van der Waals surface area contributed by atoms with Crippen molar-refractivity contribution in [1.82, 2.24) is 19.9 Å². The fourth-order valence-corrected chi connectivity index (χ4v) is 3.98. The van der Waals surface area contributed by atoms with Crippen molar-refractivity contribution in [1.29, 1.82) is 5.41 Å². The summed E-state index contributed by atoms with van der Waals surface area (Å²) in [5, 5.41) is 13.9.